The summed E-state index contributed by atoms with van der Waals surface area (Å²) in [5, 5.41) is 2.74. The first-order chi connectivity index (χ1) is 14.5. The van der Waals surface area contributed by atoms with E-state index in [0.29, 0.717) is 17.9 Å². The molecule has 7 heteroatoms. The minimum Gasteiger partial charge on any atom is -0.497 e. The van der Waals surface area contributed by atoms with Crippen molar-refractivity contribution in [2.24, 2.45) is 0 Å². The molecule has 0 spiro atoms. The SMILES string of the molecule is COc1ccc(NC(=O)CN(CCc2ccccc2)S(=O)(=O)c2ccccc2)cc1. The number of hydrogen-bond donors (Lipinski definition) is 1. The molecule has 0 atom stereocenters. The lowest BCUT2D eigenvalue weighted by Gasteiger charge is -2.22. The van der Waals surface area contributed by atoms with Crippen molar-refractivity contribution in [2.75, 3.05) is 25.5 Å². The highest BCUT2D eigenvalue weighted by atomic mass is 32.2. The Balaban J connectivity index is 1.76. The first-order valence-corrected chi connectivity index (χ1v) is 11.0. The number of ether oxygens (including phenoxy) is 1. The molecular weight excluding hydrogens is 400 g/mol. The Labute approximate surface area is 177 Å². The fourth-order valence-corrected chi connectivity index (χ4v) is 4.38. The van der Waals surface area contributed by atoms with Gasteiger partial charge >= 0.3 is 0 Å². The van der Waals surface area contributed by atoms with Crippen molar-refractivity contribution >= 4 is 21.6 Å². The Morgan fingerprint density at radius 3 is 2.10 bits per heavy atom. The maximum absolute atomic E-state index is 13.2. The summed E-state index contributed by atoms with van der Waals surface area (Å²) in [4.78, 5) is 12.8. The Bertz CT molecular complexity index is 1050. The summed E-state index contributed by atoms with van der Waals surface area (Å²) in [6, 6.07) is 24.6. The molecule has 0 saturated heterocycles. The molecule has 0 aliphatic heterocycles. The van der Waals surface area contributed by atoms with E-state index in [2.05, 4.69) is 5.32 Å². The van der Waals surface area contributed by atoms with Crippen molar-refractivity contribution in [1.82, 2.24) is 4.31 Å². The predicted molar refractivity (Wildman–Crippen MR) is 117 cm³/mol. The third kappa shape index (κ3) is 5.68. The fourth-order valence-electron chi connectivity index (χ4n) is 2.96. The van der Waals surface area contributed by atoms with Gasteiger partial charge in [-0.2, -0.15) is 4.31 Å². The van der Waals surface area contributed by atoms with Crippen molar-refractivity contribution in [1.29, 1.82) is 0 Å². The quantitative estimate of drug-likeness (QED) is 0.570. The maximum Gasteiger partial charge on any atom is 0.243 e. The number of benzene rings is 3. The summed E-state index contributed by atoms with van der Waals surface area (Å²) in [5.74, 6) is 0.261. The van der Waals surface area contributed by atoms with Crippen LogP contribution in [0, 0.1) is 0 Å². The van der Waals surface area contributed by atoms with Crippen molar-refractivity contribution in [2.45, 2.75) is 11.3 Å². The molecule has 3 rings (SSSR count). The van der Waals surface area contributed by atoms with E-state index in [9.17, 15) is 13.2 Å². The van der Waals surface area contributed by atoms with E-state index in [1.165, 1.54) is 16.4 Å². The minimum atomic E-state index is -3.82. The zero-order chi connectivity index (χ0) is 21.4. The third-order valence-corrected chi connectivity index (χ3v) is 6.43. The molecule has 0 unspecified atom stereocenters. The van der Waals surface area contributed by atoms with E-state index in [4.69, 9.17) is 4.74 Å². The second-order valence-electron chi connectivity index (χ2n) is 6.66. The Morgan fingerprint density at radius 2 is 1.50 bits per heavy atom. The summed E-state index contributed by atoms with van der Waals surface area (Å²) in [7, 11) is -2.25. The van der Waals surface area contributed by atoms with Crippen LogP contribution in [-0.2, 0) is 21.2 Å². The summed E-state index contributed by atoms with van der Waals surface area (Å²) in [6.07, 6.45) is 0.503. The van der Waals surface area contributed by atoms with E-state index < -0.39 is 15.9 Å². The number of methoxy groups -OCH3 is 1. The van der Waals surface area contributed by atoms with Crippen LogP contribution in [0.4, 0.5) is 5.69 Å². The van der Waals surface area contributed by atoms with E-state index in [1.54, 1.807) is 49.6 Å². The van der Waals surface area contributed by atoms with Gasteiger partial charge in [0.05, 0.1) is 18.6 Å². The number of hydrogen-bond acceptors (Lipinski definition) is 4. The summed E-state index contributed by atoms with van der Waals surface area (Å²) < 4.78 is 32.6. The first kappa shape index (κ1) is 21.5. The standard InChI is InChI=1S/C23H24N2O4S/c1-29-21-14-12-20(13-15-21)24-23(26)18-25(17-16-19-8-4-2-5-9-19)30(27,28)22-10-6-3-7-11-22/h2-15H,16-18H2,1H3,(H,24,26). The van der Waals surface area contributed by atoms with Crippen LogP contribution in [0.15, 0.2) is 89.8 Å². The van der Waals surface area contributed by atoms with Crippen molar-refractivity contribution in [3.63, 3.8) is 0 Å². The van der Waals surface area contributed by atoms with Crippen LogP contribution in [0.5, 0.6) is 5.75 Å². The molecule has 3 aromatic rings. The van der Waals surface area contributed by atoms with Gasteiger partial charge in [0, 0.05) is 12.2 Å². The zero-order valence-corrected chi connectivity index (χ0v) is 17.5. The highest BCUT2D eigenvalue weighted by Gasteiger charge is 2.26. The van der Waals surface area contributed by atoms with Crippen LogP contribution in [0.3, 0.4) is 0 Å². The molecule has 3 aromatic carbocycles. The molecule has 0 heterocycles. The van der Waals surface area contributed by atoms with E-state index >= 15 is 0 Å². The van der Waals surface area contributed by atoms with Gasteiger partial charge in [-0.3, -0.25) is 4.79 Å². The number of carbonyl (C=O) groups excluding carboxylic acids is 1. The second-order valence-corrected chi connectivity index (χ2v) is 8.60. The van der Waals surface area contributed by atoms with Crippen LogP contribution < -0.4 is 10.1 Å². The second kappa shape index (κ2) is 10.0. The molecule has 0 aliphatic rings. The highest BCUT2D eigenvalue weighted by molar-refractivity contribution is 7.89. The van der Waals surface area contributed by atoms with E-state index in [1.807, 2.05) is 30.3 Å². The summed E-state index contributed by atoms with van der Waals surface area (Å²) in [5.41, 5.74) is 1.57. The van der Waals surface area contributed by atoms with Gasteiger partial charge < -0.3 is 10.1 Å². The van der Waals surface area contributed by atoms with Gasteiger partial charge in [-0.1, -0.05) is 48.5 Å². The largest absolute Gasteiger partial charge is 0.497 e. The predicted octanol–water partition coefficient (Wildman–Crippen LogP) is 3.57. The lowest BCUT2D eigenvalue weighted by atomic mass is 10.1. The van der Waals surface area contributed by atoms with Crippen LogP contribution in [0.1, 0.15) is 5.56 Å². The molecule has 0 saturated carbocycles. The highest BCUT2D eigenvalue weighted by Crippen LogP contribution is 2.18. The van der Waals surface area contributed by atoms with Gasteiger partial charge in [0.25, 0.3) is 0 Å². The van der Waals surface area contributed by atoms with Crippen LogP contribution >= 0.6 is 0 Å². The molecule has 1 amide bonds. The first-order valence-electron chi connectivity index (χ1n) is 9.52. The average Bonchev–Trinajstić information content (AvgIpc) is 2.78. The number of nitrogens with zero attached hydrogens (tertiary/aromatic N) is 1. The molecule has 0 aromatic heterocycles. The van der Waals surface area contributed by atoms with Gasteiger partial charge in [-0.05, 0) is 48.4 Å². The normalized spacial score (nSPS) is 11.3. The zero-order valence-electron chi connectivity index (χ0n) is 16.7. The van der Waals surface area contributed by atoms with Gasteiger partial charge in [0.2, 0.25) is 15.9 Å². The van der Waals surface area contributed by atoms with Gasteiger partial charge in [0.15, 0.2) is 0 Å². The van der Waals surface area contributed by atoms with Crippen LogP contribution in [0.25, 0.3) is 0 Å². The Kier molecular flexibility index (Phi) is 7.21. The summed E-state index contributed by atoms with van der Waals surface area (Å²) in [6.45, 7) is -0.0899. The number of rotatable bonds is 9. The monoisotopic (exact) mass is 424 g/mol. The molecule has 0 aliphatic carbocycles. The molecular formula is C23H24N2O4S. The third-order valence-electron chi connectivity index (χ3n) is 4.57. The average molecular weight is 425 g/mol. The molecule has 0 bridgehead atoms. The topological polar surface area (TPSA) is 75.7 Å². The molecule has 0 fully saturated rings. The number of nitrogens with one attached hydrogen (secondary N) is 1. The molecule has 156 valence electrons. The lowest BCUT2D eigenvalue weighted by Crippen LogP contribution is -2.39. The van der Waals surface area contributed by atoms with E-state index in [-0.39, 0.29) is 18.0 Å². The van der Waals surface area contributed by atoms with Gasteiger partial charge in [-0.25, -0.2) is 8.42 Å². The van der Waals surface area contributed by atoms with Crippen molar-refractivity contribution in [3.05, 3.63) is 90.5 Å². The van der Waals surface area contributed by atoms with Gasteiger partial charge in [0.1, 0.15) is 5.75 Å². The smallest absolute Gasteiger partial charge is 0.243 e. The van der Waals surface area contributed by atoms with Crippen LogP contribution in [0.2, 0.25) is 0 Å². The van der Waals surface area contributed by atoms with Crippen LogP contribution in [-0.4, -0.2) is 38.8 Å². The number of carbonyl (C=O) groups is 1. The minimum absolute atomic E-state index is 0.162. The molecule has 1 N–H and O–H groups in total. The fraction of sp³-hybridized carbons (Fsp3) is 0.174. The Hall–Kier alpha value is -3.16. The van der Waals surface area contributed by atoms with Gasteiger partial charge in [-0.15, -0.1) is 0 Å². The maximum atomic E-state index is 13.2. The molecule has 0 radical (unpaired) electrons. The lowest BCUT2D eigenvalue weighted by molar-refractivity contribution is -0.116. The summed E-state index contributed by atoms with van der Waals surface area (Å²) >= 11 is 0. The Morgan fingerprint density at radius 1 is 0.900 bits per heavy atom. The van der Waals surface area contributed by atoms with E-state index in [0.717, 1.165) is 5.56 Å². The van der Waals surface area contributed by atoms with Crippen molar-refractivity contribution < 1.29 is 17.9 Å². The number of amides is 1. The molecule has 6 nitrogen and oxygen atoms in total. The number of sulfonamides is 1. The number of anilines is 1. The van der Waals surface area contributed by atoms with Crippen molar-refractivity contribution in [3.8, 4) is 5.75 Å². The molecule has 30 heavy (non-hydrogen) atoms.